The highest BCUT2D eigenvalue weighted by Gasteiger charge is 2.18. The number of nitrogens with zero attached hydrogens (tertiary/aromatic N) is 1. The number of carbonyl (C=O) groups is 2. The molecule has 2 heterocycles. The SMILES string of the molecule is O=C1COc2ccc(C(=O)Nc3nc(-c4ccc(F)cc4)cs3)cc2N1. The number of carbonyl (C=O) groups excluding carboxylic acids is 2. The molecule has 26 heavy (non-hydrogen) atoms. The van der Waals surface area contributed by atoms with E-state index in [1.807, 2.05) is 0 Å². The number of ether oxygens (including phenoxy) is 1. The number of rotatable bonds is 3. The largest absolute Gasteiger partial charge is 0.482 e. The third kappa shape index (κ3) is 3.27. The van der Waals surface area contributed by atoms with Crippen LogP contribution in [0.5, 0.6) is 5.75 Å². The van der Waals surface area contributed by atoms with Gasteiger partial charge in [0, 0.05) is 16.5 Å². The zero-order valence-corrected chi connectivity index (χ0v) is 14.1. The van der Waals surface area contributed by atoms with Gasteiger partial charge in [0.25, 0.3) is 11.8 Å². The smallest absolute Gasteiger partial charge is 0.262 e. The molecule has 8 heteroatoms. The summed E-state index contributed by atoms with van der Waals surface area (Å²) in [7, 11) is 0. The molecule has 1 aromatic heterocycles. The minimum Gasteiger partial charge on any atom is -0.482 e. The molecule has 0 bridgehead atoms. The average Bonchev–Trinajstić information content (AvgIpc) is 3.10. The summed E-state index contributed by atoms with van der Waals surface area (Å²) in [5.41, 5.74) is 2.24. The minimum absolute atomic E-state index is 0.0379. The molecule has 0 saturated carbocycles. The summed E-state index contributed by atoms with van der Waals surface area (Å²) in [6.45, 7) is -0.0379. The van der Waals surface area contributed by atoms with Crippen LogP contribution in [0.2, 0.25) is 0 Å². The number of anilines is 2. The second-order valence-electron chi connectivity index (χ2n) is 5.55. The number of nitrogens with one attached hydrogen (secondary N) is 2. The lowest BCUT2D eigenvalue weighted by molar-refractivity contribution is -0.118. The van der Waals surface area contributed by atoms with E-state index in [-0.39, 0.29) is 24.2 Å². The normalized spacial score (nSPS) is 12.7. The molecule has 2 amide bonds. The van der Waals surface area contributed by atoms with Crippen molar-refractivity contribution in [3.63, 3.8) is 0 Å². The Hall–Kier alpha value is -3.26. The quantitative estimate of drug-likeness (QED) is 0.740. The number of halogens is 1. The number of thiazole rings is 1. The number of aromatic nitrogens is 1. The van der Waals surface area contributed by atoms with Gasteiger partial charge in [-0.05, 0) is 42.5 Å². The lowest BCUT2D eigenvalue weighted by Crippen LogP contribution is -2.25. The Balaban J connectivity index is 1.51. The van der Waals surface area contributed by atoms with Gasteiger partial charge in [0.2, 0.25) is 0 Å². The van der Waals surface area contributed by atoms with Crippen molar-refractivity contribution in [3.05, 3.63) is 59.2 Å². The summed E-state index contributed by atoms with van der Waals surface area (Å²) in [6, 6.07) is 10.8. The molecule has 0 saturated heterocycles. The first-order valence-corrected chi connectivity index (χ1v) is 8.56. The molecule has 3 aromatic rings. The molecule has 0 fully saturated rings. The van der Waals surface area contributed by atoms with Gasteiger partial charge in [0.15, 0.2) is 11.7 Å². The first-order valence-electron chi connectivity index (χ1n) is 7.68. The van der Waals surface area contributed by atoms with E-state index >= 15 is 0 Å². The fourth-order valence-corrected chi connectivity index (χ4v) is 3.19. The molecule has 6 nitrogen and oxygen atoms in total. The summed E-state index contributed by atoms with van der Waals surface area (Å²) < 4.78 is 18.3. The van der Waals surface area contributed by atoms with Crippen LogP contribution in [0, 0.1) is 5.82 Å². The lowest BCUT2D eigenvalue weighted by atomic mass is 10.1. The predicted molar refractivity (Wildman–Crippen MR) is 96.0 cm³/mol. The number of benzene rings is 2. The average molecular weight is 369 g/mol. The van der Waals surface area contributed by atoms with Gasteiger partial charge in [-0.15, -0.1) is 11.3 Å². The van der Waals surface area contributed by atoms with Gasteiger partial charge >= 0.3 is 0 Å². The third-order valence-electron chi connectivity index (χ3n) is 3.74. The van der Waals surface area contributed by atoms with Gasteiger partial charge < -0.3 is 10.1 Å². The van der Waals surface area contributed by atoms with Gasteiger partial charge in [-0.3, -0.25) is 14.9 Å². The molecule has 0 spiro atoms. The predicted octanol–water partition coefficient (Wildman–Crippen LogP) is 3.53. The Morgan fingerprint density at radius 1 is 1.23 bits per heavy atom. The Bertz CT molecular complexity index is 1000. The van der Waals surface area contributed by atoms with Crippen molar-refractivity contribution in [2.75, 3.05) is 17.2 Å². The van der Waals surface area contributed by atoms with Gasteiger partial charge in [-0.1, -0.05) is 0 Å². The molecule has 0 radical (unpaired) electrons. The molecule has 130 valence electrons. The highest BCUT2D eigenvalue weighted by atomic mass is 32.1. The number of hydrogen-bond donors (Lipinski definition) is 2. The van der Waals surface area contributed by atoms with Crippen LogP contribution in [0.1, 0.15) is 10.4 Å². The van der Waals surface area contributed by atoms with Gasteiger partial charge in [-0.25, -0.2) is 9.37 Å². The van der Waals surface area contributed by atoms with E-state index in [4.69, 9.17) is 4.74 Å². The van der Waals surface area contributed by atoms with Crippen LogP contribution in [-0.4, -0.2) is 23.4 Å². The fraction of sp³-hybridized carbons (Fsp3) is 0.0556. The van der Waals surface area contributed by atoms with Crippen molar-refractivity contribution < 1.29 is 18.7 Å². The van der Waals surface area contributed by atoms with Crippen LogP contribution in [0.25, 0.3) is 11.3 Å². The summed E-state index contributed by atoms with van der Waals surface area (Å²) in [4.78, 5) is 28.2. The van der Waals surface area contributed by atoms with Crippen molar-refractivity contribution in [3.8, 4) is 17.0 Å². The van der Waals surface area contributed by atoms with Crippen molar-refractivity contribution in [2.45, 2.75) is 0 Å². The fourth-order valence-electron chi connectivity index (χ4n) is 2.48. The van der Waals surface area contributed by atoms with E-state index in [9.17, 15) is 14.0 Å². The first-order chi connectivity index (χ1) is 12.6. The van der Waals surface area contributed by atoms with Crippen LogP contribution in [-0.2, 0) is 4.79 Å². The molecule has 0 atom stereocenters. The van der Waals surface area contributed by atoms with Crippen molar-refractivity contribution in [1.29, 1.82) is 0 Å². The molecule has 2 N–H and O–H groups in total. The Labute approximate surface area is 151 Å². The minimum atomic E-state index is -0.354. The number of fused-ring (bicyclic) bond motifs is 1. The second kappa shape index (κ2) is 6.57. The van der Waals surface area contributed by atoms with E-state index in [0.717, 1.165) is 5.56 Å². The van der Waals surface area contributed by atoms with Gasteiger partial charge in [-0.2, -0.15) is 0 Å². The molecule has 2 aromatic carbocycles. The molecule has 1 aliphatic heterocycles. The monoisotopic (exact) mass is 369 g/mol. The Morgan fingerprint density at radius 3 is 2.85 bits per heavy atom. The number of amides is 2. The van der Waals surface area contributed by atoms with E-state index in [1.165, 1.54) is 23.5 Å². The van der Waals surface area contributed by atoms with E-state index in [0.29, 0.717) is 27.8 Å². The standard InChI is InChI=1S/C18H12FN3O3S/c19-12-4-1-10(2-5-12)14-9-26-18(21-14)22-17(24)11-3-6-15-13(7-11)20-16(23)8-25-15/h1-7,9H,8H2,(H,20,23)(H,21,22,24). The topological polar surface area (TPSA) is 80.3 Å². The first kappa shape index (κ1) is 16.2. The van der Waals surface area contributed by atoms with Crippen LogP contribution in [0.4, 0.5) is 15.2 Å². The zero-order valence-electron chi connectivity index (χ0n) is 13.3. The Kier molecular flexibility index (Phi) is 4.10. The van der Waals surface area contributed by atoms with Crippen LogP contribution in [0.15, 0.2) is 47.8 Å². The van der Waals surface area contributed by atoms with Crippen molar-refractivity contribution in [2.24, 2.45) is 0 Å². The number of hydrogen-bond acceptors (Lipinski definition) is 5. The van der Waals surface area contributed by atoms with Gasteiger partial charge in [0.05, 0.1) is 11.4 Å². The van der Waals surface area contributed by atoms with Crippen LogP contribution < -0.4 is 15.4 Å². The van der Waals surface area contributed by atoms with Crippen LogP contribution >= 0.6 is 11.3 Å². The van der Waals surface area contributed by atoms with E-state index in [2.05, 4.69) is 15.6 Å². The third-order valence-corrected chi connectivity index (χ3v) is 4.50. The lowest BCUT2D eigenvalue weighted by Gasteiger charge is -2.18. The Morgan fingerprint density at radius 2 is 2.04 bits per heavy atom. The van der Waals surface area contributed by atoms with E-state index < -0.39 is 0 Å². The highest BCUT2D eigenvalue weighted by Crippen LogP contribution is 2.29. The summed E-state index contributed by atoms with van der Waals surface area (Å²) in [5, 5.41) is 7.59. The molecular formula is C18H12FN3O3S. The van der Waals surface area contributed by atoms with Gasteiger partial charge in [0.1, 0.15) is 11.6 Å². The molecule has 4 rings (SSSR count). The molecule has 0 aliphatic carbocycles. The summed E-state index contributed by atoms with van der Waals surface area (Å²) in [6.07, 6.45) is 0. The molecular weight excluding hydrogens is 357 g/mol. The second-order valence-corrected chi connectivity index (χ2v) is 6.40. The summed E-state index contributed by atoms with van der Waals surface area (Å²) in [5.74, 6) is -0.415. The maximum absolute atomic E-state index is 13.0. The van der Waals surface area contributed by atoms with E-state index in [1.54, 1.807) is 35.7 Å². The molecule has 0 unspecified atom stereocenters. The van der Waals surface area contributed by atoms with Crippen LogP contribution in [0.3, 0.4) is 0 Å². The maximum Gasteiger partial charge on any atom is 0.262 e. The maximum atomic E-state index is 13.0. The highest BCUT2D eigenvalue weighted by molar-refractivity contribution is 7.14. The summed E-state index contributed by atoms with van der Waals surface area (Å²) >= 11 is 1.27. The zero-order chi connectivity index (χ0) is 18.1. The van der Waals surface area contributed by atoms with Crippen molar-refractivity contribution >= 4 is 34.0 Å². The van der Waals surface area contributed by atoms with Crippen molar-refractivity contribution in [1.82, 2.24) is 4.98 Å². The molecule has 1 aliphatic rings.